The molecule has 0 aliphatic heterocycles. The van der Waals surface area contributed by atoms with Crippen molar-refractivity contribution < 1.29 is 13.2 Å². The summed E-state index contributed by atoms with van der Waals surface area (Å²) < 4.78 is 28.5. The van der Waals surface area contributed by atoms with Crippen molar-refractivity contribution in [3.8, 4) is 0 Å². The van der Waals surface area contributed by atoms with Gasteiger partial charge in [0.1, 0.15) is 10.0 Å². The number of nitrogens with zero attached hydrogens (tertiary/aromatic N) is 1. The Labute approximate surface area is 174 Å². The molecular formula is C23H18ClNO3S. The Morgan fingerprint density at radius 2 is 1.52 bits per heavy atom. The van der Waals surface area contributed by atoms with E-state index in [-0.39, 0.29) is 20.7 Å². The topological polar surface area (TPSA) is 56.1 Å². The van der Waals surface area contributed by atoms with E-state index in [4.69, 9.17) is 11.6 Å². The van der Waals surface area contributed by atoms with E-state index < -0.39 is 9.84 Å². The van der Waals surface area contributed by atoms with E-state index in [1.807, 2.05) is 24.3 Å². The molecule has 4 aromatic rings. The minimum atomic E-state index is -3.81. The third-order valence-corrected chi connectivity index (χ3v) is 7.26. The highest BCUT2D eigenvalue weighted by Gasteiger charge is 2.28. The Morgan fingerprint density at radius 1 is 0.897 bits per heavy atom. The number of carbonyl (C=O) groups excluding carboxylic acids is 1. The predicted molar refractivity (Wildman–Crippen MR) is 114 cm³/mol. The lowest BCUT2D eigenvalue weighted by molar-refractivity contribution is 0.101. The van der Waals surface area contributed by atoms with Crippen molar-refractivity contribution in [3.63, 3.8) is 0 Å². The molecule has 4 nitrogen and oxygen atoms in total. The third kappa shape index (κ3) is 3.37. The van der Waals surface area contributed by atoms with E-state index in [1.165, 1.54) is 6.92 Å². The fraction of sp³-hybridized carbons (Fsp3) is 0.0870. The van der Waals surface area contributed by atoms with Crippen LogP contribution in [0.4, 0.5) is 0 Å². The number of para-hydroxylation sites is 1. The number of benzene rings is 3. The maximum absolute atomic E-state index is 13.4. The van der Waals surface area contributed by atoms with Gasteiger partial charge in [-0.2, -0.15) is 0 Å². The van der Waals surface area contributed by atoms with E-state index >= 15 is 0 Å². The molecule has 0 fully saturated rings. The highest BCUT2D eigenvalue weighted by Crippen LogP contribution is 2.37. The van der Waals surface area contributed by atoms with Crippen molar-refractivity contribution in [2.24, 2.45) is 0 Å². The molecule has 3 aromatic carbocycles. The molecule has 146 valence electrons. The zero-order valence-electron chi connectivity index (χ0n) is 15.7. The molecule has 0 unspecified atom stereocenters. The number of rotatable bonds is 5. The lowest BCUT2D eigenvalue weighted by Gasteiger charge is -2.11. The van der Waals surface area contributed by atoms with E-state index in [1.54, 1.807) is 59.2 Å². The fourth-order valence-electron chi connectivity index (χ4n) is 3.54. The van der Waals surface area contributed by atoms with Crippen molar-refractivity contribution in [1.29, 1.82) is 0 Å². The van der Waals surface area contributed by atoms with Gasteiger partial charge in [0.05, 0.1) is 10.4 Å². The largest absolute Gasteiger partial charge is 0.326 e. The van der Waals surface area contributed by atoms with Crippen LogP contribution in [-0.4, -0.2) is 18.8 Å². The van der Waals surface area contributed by atoms with Gasteiger partial charge in [-0.25, -0.2) is 8.42 Å². The molecule has 0 atom stereocenters. The van der Waals surface area contributed by atoms with Crippen molar-refractivity contribution in [1.82, 2.24) is 4.57 Å². The molecule has 0 saturated heterocycles. The molecule has 1 aromatic heterocycles. The number of sulfone groups is 1. The summed E-state index contributed by atoms with van der Waals surface area (Å²) in [7, 11) is -3.81. The van der Waals surface area contributed by atoms with Gasteiger partial charge in [-0.05, 0) is 30.7 Å². The minimum Gasteiger partial charge on any atom is -0.326 e. The Morgan fingerprint density at radius 3 is 2.24 bits per heavy atom. The summed E-state index contributed by atoms with van der Waals surface area (Å²) in [4.78, 5) is 12.3. The standard InChI is InChI=1S/C23H18ClNO3S/c1-16(26)19-12-6-5-9-17(19)15-25-21-14-8-7-13-20(21)22(23(25)24)29(27,28)18-10-3-2-4-11-18/h2-14H,15H2,1H3. The van der Waals surface area contributed by atoms with Crippen molar-refractivity contribution >= 4 is 38.1 Å². The van der Waals surface area contributed by atoms with Crippen molar-refractivity contribution in [2.75, 3.05) is 0 Å². The predicted octanol–water partition coefficient (Wildman–Crippen LogP) is 5.38. The maximum atomic E-state index is 13.4. The first-order valence-corrected chi connectivity index (χ1v) is 10.9. The lowest BCUT2D eigenvalue weighted by atomic mass is 10.0. The van der Waals surface area contributed by atoms with Crippen LogP contribution in [0.25, 0.3) is 10.9 Å². The first-order valence-electron chi connectivity index (χ1n) is 9.07. The molecule has 0 saturated carbocycles. The second-order valence-corrected chi connectivity index (χ2v) is 9.00. The molecule has 0 aliphatic carbocycles. The summed E-state index contributed by atoms with van der Waals surface area (Å²) in [6.07, 6.45) is 0. The Bertz CT molecular complexity index is 1330. The van der Waals surface area contributed by atoms with Crippen LogP contribution < -0.4 is 0 Å². The molecule has 0 bridgehead atoms. The minimum absolute atomic E-state index is 0.0506. The average molecular weight is 424 g/mol. The average Bonchev–Trinajstić information content (AvgIpc) is 3.01. The van der Waals surface area contributed by atoms with Gasteiger partial charge >= 0.3 is 0 Å². The Hall–Kier alpha value is -2.89. The number of aromatic nitrogens is 1. The summed E-state index contributed by atoms with van der Waals surface area (Å²) >= 11 is 6.67. The van der Waals surface area contributed by atoms with Crippen LogP contribution in [0, 0.1) is 0 Å². The smallest absolute Gasteiger partial charge is 0.210 e. The number of hydrogen-bond acceptors (Lipinski definition) is 3. The van der Waals surface area contributed by atoms with Crippen LogP contribution in [0.5, 0.6) is 0 Å². The van der Waals surface area contributed by atoms with Gasteiger partial charge in [0.2, 0.25) is 9.84 Å². The van der Waals surface area contributed by atoms with Crippen LogP contribution in [0.15, 0.2) is 88.7 Å². The number of halogens is 1. The Kier molecular flexibility index (Phi) is 5.03. The van der Waals surface area contributed by atoms with Crippen LogP contribution >= 0.6 is 11.6 Å². The molecule has 0 spiro atoms. The van der Waals surface area contributed by atoms with Gasteiger partial charge in [-0.15, -0.1) is 0 Å². The van der Waals surface area contributed by atoms with Crippen molar-refractivity contribution in [2.45, 2.75) is 23.3 Å². The fourth-order valence-corrected chi connectivity index (χ4v) is 5.64. The lowest BCUT2D eigenvalue weighted by Crippen LogP contribution is -2.07. The summed E-state index contributed by atoms with van der Waals surface area (Å²) in [5.41, 5.74) is 2.07. The highest BCUT2D eigenvalue weighted by atomic mass is 35.5. The monoisotopic (exact) mass is 423 g/mol. The molecule has 29 heavy (non-hydrogen) atoms. The van der Waals surface area contributed by atoms with Crippen LogP contribution in [-0.2, 0) is 16.4 Å². The second kappa shape index (κ2) is 7.50. The summed E-state index contributed by atoms with van der Waals surface area (Å²) in [6.45, 7) is 1.80. The summed E-state index contributed by atoms with van der Waals surface area (Å²) in [6, 6.07) is 22.7. The zero-order valence-corrected chi connectivity index (χ0v) is 17.2. The number of Topliss-reactive ketones (excluding diaryl/α,β-unsaturated/α-hetero) is 1. The highest BCUT2D eigenvalue weighted by molar-refractivity contribution is 7.91. The number of ketones is 1. The van der Waals surface area contributed by atoms with Crippen LogP contribution in [0.1, 0.15) is 22.8 Å². The normalized spacial score (nSPS) is 11.7. The van der Waals surface area contributed by atoms with E-state index in [0.717, 1.165) is 5.56 Å². The van der Waals surface area contributed by atoms with Crippen molar-refractivity contribution in [3.05, 3.63) is 95.1 Å². The van der Waals surface area contributed by atoms with E-state index in [0.29, 0.717) is 23.0 Å². The first kappa shape index (κ1) is 19.4. The van der Waals surface area contributed by atoms with Gasteiger partial charge in [0, 0.05) is 17.5 Å². The maximum Gasteiger partial charge on any atom is 0.210 e. The van der Waals surface area contributed by atoms with Crippen LogP contribution in [0.3, 0.4) is 0 Å². The van der Waals surface area contributed by atoms with Gasteiger partial charge in [-0.1, -0.05) is 72.3 Å². The summed E-state index contributed by atoms with van der Waals surface area (Å²) in [5.74, 6) is -0.0506. The Balaban J connectivity index is 1.95. The van der Waals surface area contributed by atoms with E-state index in [2.05, 4.69) is 0 Å². The molecule has 0 aliphatic rings. The molecule has 0 amide bonds. The number of carbonyl (C=O) groups is 1. The second-order valence-electron chi connectivity index (χ2n) is 6.75. The molecule has 4 rings (SSSR count). The van der Waals surface area contributed by atoms with Gasteiger partial charge in [-0.3, -0.25) is 4.79 Å². The van der Waals surface area contributed by atoms with Crippen LogP contribution in [0.2, 0.25) is 5.15 Å². The van der Waals surface area contributed by atoms with Gasteiger partial charge < -0.3 is 4.57 Å². The van der Waals surface area contributed by atoms with E-state index in [9.17, 15) is 13.2 Å². The summed E-state index contributed by atoms with van der Waals surface area (Å²) in [5, 5.41) is 0.690. The molecule has 0 radical (unpaired) electrons. The quantitative estimate of drug-likeness (QED) is 0.405. The molecular weight excluding hydrogens is 406 g/mol. The first-order chi connectivity index (χ1) is 13.9. The SMILES string of the molecule is CC(=O)c1ccccc1Cn1c(Cl)c(S(=O)(=O)c2ccccc2)c2ccccc21. The molecule has 1 heterocycles. The molecule has 6 heteroatoms. The van der Waals surface area contributed by atoms with Gasteiger partial charge in [0.25, 0.3) is 0 Å². The number of fused-ring (bicyclic) bond motifs is 1. The number of hydrogen-bond donors (Lipinski definition) is 0. The molecule has 0 N–H and O–H groups in total. The zero-order chi connectivity index (χ0) is 20.6. The third-order valence-electron chi connectivity index (χ3n) is 4.91. The van der Waals surface area contributed by atoms with Gasteiger partial charge in [0.15, 0.2) is 5.78 Å².